The monoisotopic (exact) mass is 228 g/mol. The van der Waals surface area contributed by atoms with Crippen molar-refractivity contribution in [2.24, 2.45) is 18.7 Å². The van der Waals surface area contributed by atoms with Gasteiger partial charge in [-0.1, -0.05) is 19.3 Å². The summed E-state index contributed by atoms with van der Waals surface area (Å²) in [5, 5.41) is 0. The average molecular weight is 229 g/mol. The van der Waals surface area contributed by atoms with E-state index in [1.165, 1.54) is 37.8 Å². The molecule has 0 radical (unpaired) electrons. The van der Waals surface area contributed by atoms with E-state index in [-0.39, 0.29) is 18.4 Å². The highest BCUT2D eigenvalue weighted by molar-refractivity contribution is 5.85. The average Bonchev–Trinajstić information content (AvgIpc) is 2.65. The lowest BCUT2D eigenvalue weighted by Gasteiger charge is -2.27. The summed E-state index contributed by atoms with van der Waals surface area (Å²) < 4.78 is 2.15. The molecule has 0 aromatic carbocycles. The van der Waals surface area contributed by atoms with Gasteiger partial charge in [-0.05, 0) is 30.9 Å². The molecule has 2 N–H and O–H groups in total. The molecule has 1 heterocycles. The molecule has 2 rings (SSSR count). The Bertz CT molecular complexity index is 290. The maximum absolute atomic E-state index is 6.29. The van der Waals surface area contributed by atoms with Gasteiger partial charge in [0, 0.05) is 25.0 Å². The Morgan fingerprint density at radius 2 is 2.00 bits per heavy atom. The molecular formula is C12H21ClN2. The minimum absolute atomic E-state index is 0. The summed E-state index contributed by atoms with van der Waals surface area (Å²) in [6, 6.07) is 4.48. The smallest absolute Gasteiger partial charge is 0.0478 e. The molecule has 1 atom stereocenters. The largest absolute Gasteiger partial charge is 0.353 e. The van der Waals surface area contributed by atoms with Crippen molar-refractivity contribution in [2.75, 3.05) is 0 Å². The maximum Gasteiger partial charge on any atom is 0.0478 e. The van der Waals surface area contributed by atoms with Crippen LogP contribution < -0.4 is 5.73 Å². The summed E-state index contributed by atoms with van der Waals surface area (Å²) in [6.07, 6.45) is 8.83. The molecule has 15 heavy (non-hydrogen) atoms. The number of nitrogens with two attached hydrogens (primary N) is 1. The Balaban J connectivity index is 0.00000112. The predicted molar refractivity (Wildman–Crippen MR) is 66.2 cm³/mol. The lowest BCUT2D eigenvalue weighted by Crippen LogP contribution is -2.25. The van der Waals surface area contributed by atoms with Gasteiger partial charge < -0.3 is 10.3 Å². The van der Waals surface area contributed by atoms with Crippen LogP contribution in [0.15, 0.2) is 18.3 Å². The van der Waals surface area contributed by atoms with Crippen LogP contribution in [0.4, 0.5) is 0 Å². The fourth-order valence-electron chi connectivity index (χ4n) is 2.56. The highest BCUT2D eigenvalue weighted by atomic mass is 35.5. The quantitative estimate of drug-likeness (QED) is 0.829. The van der Waals surface area contributed by atoms with Gasteiger partial charge in [0.15, 0.2) is 0 Å². The van der Waals surface area contributed by atoms with E-state index in [4.69, 9.17) is 5.73 Å². The topological polar surface area (TPSA) is 30.9 Å². The molecule has 0 aliphatic heterocycles. The second-order valence-electron chi connectivity index (χ2n) is 4.47. The number of aryl methyl sites for hydroxylation is 1. The summed E-state index contributed by atoms with van der Waals surface area (Å²) >= 11 is 0. The van der Waals surface area contributed by atoms with Crippen LogP contribution >= 0.6 is 12.4 Å². The van der Waals surface area contributed by atoms with E-state index in [1.807, 2.05) is 0 Å². The van der Waals surface area contributed by atoms with Gasteiger partial charge in [0.25, 0.3) is 0 Å². The molecule has 0 saturated heterocycles. The fourth-order valence-corrected chi connectivity index (χ4v) is 2.56. The van der Waals surface area contributed by atoms with E-state index in [2.05, 4.69) is 29.9 Å². The van der Waals surface area contributed by atoms with Gasteiger partial charge in [0.2, 0.25) is 0 Å². The normalized spacial score (nSPS) is 19.6. The van der Waals surface area contributed by atoms with Crippen molar-refractivity contribution in [3.05, 3.63) is 24.0 Å². The molecule has 1 aliphatic rings. The highest BCUT2D eigenvalue weighted by Gasteiger charge is 2.22. The maximum atomic E-state index is 6.29. The number of hydrogen-bond acceptors (Lipinski definition) is 1. The molecular weight excluding hydrogens is 208 g/mol. The van der Waals surface area contributed by atoms with Crippen molar-refractivity contribution in [1.82, 2.24) is 4.57 Å². The third-order valence-corrected chi connectivity index (χ3v) is 3.48. The Hall–Kier alpha value is -0.470. The van der Waals surface area contributed by atoms with Crippen LogP contribution in [-0.2, 0) is 7.05 Å². The summed E-state index contributed by atoms with van der Waals surface area (Å²) in [5.41, 5.74) is 7.58. The van der Waals surface area contributed by atoms with Crippen LogP contribution in [0.3, 0.4) is 0 Å². The van der Waals surface area contributed by atoms with E-state index >= 15 is 0 Å². The minimum atomic E-state index is 0. The van der Waals surface area contributed by atoms with Crippen LogP contribution in [0, 0.1) is 5.92 Å². The zero-order valence-corrected chi connectivity index (χ0v) is 10.2. The van der Waals surface area contributed by atoms with E-state index in [9.17, 15) is 0 Å². The Labute approximate surface area is 98.3 Å². The Kier molecular flexibility index (Phi) is 4.68. The number of halogens is 1. The second kappa shape index (κ2) is 5.57. The van der Waals surface area contributed by atoms with Gasteiger partial charge in [-0.25, -0.2) is 0 Å². The third kappa shape index (κ3) is 2.76. The van der Waals surface area contributed by atoms with Crippen molar-refractivity contribution >= 4 is 12.4 Å². The molecule has 0 unspecified atom stereocenters. The molecule has 0 amide bonds. The zero-order chi connectivity index (χ0) is 9.97. The third-order valence-electron chi connectivity index (χ3n) is 3.48. The minimum Gasteiger partial charge on any atom is -0.353 e. The van der Waals surface area contributed by atoms with Crippen LogP contribution in [-0.4, -0.2) is 4.57 Å². The highest BCUT2D eigenvalue weighted by Crippen LogP contribution is 2.32. The molecule has 1 aromatic rings. The van der Waals surface area contributed by atoms with Gasteiger partial charge in [-0.15, -0.1) is 12.4 Å². The van der Waals surface area contributed by atoms with Gasteiger partial charge in [-0.3, -0.25) is 0 Å². The molecule has 1 aromatic heterocycles. The first-order valence-electron chi connectivity index (χ1n) is 5.66. The van der Waals surface area contributed by atoms with E-state index < -0.39 is 0 Å². The standard InChI is InChI=1S/C12H20N2.ClH/c1-14-9-5-8-11(14)12(13)10-6-3-2-4-7-10;/h5,8-10,12H,2-4,6-7,13H2,1H3;1H/t12-;/m0./s1. The first-order chi connectivity index (χ1) is 6.79. The van der Waals surface area contributed by atoms with Crippen molar-refractivity contribution < 1.29 is 0 Å². The van der Waals surface area contributed by atoms with Crippen LogP contribution in [0.2, 0.25) is 0 Å². The number of nitrogens with zero attached hydrogens (tertiary/aromatic N) is 1. The summed E-state index contributed by atoms with van der Waals surface area (Å²) in [7, 11) is 2.08. The van der Waals surface area contributed by atoms with E-state index in [0.29, 0.717) is 5.92 Å². The summed E-state index contributed by atoms with van der Waals surface area (Å²) in [6.45, 7) is 0. The molecule has 1 saturated carbocycles. The molecule has 0 spiro atoms. The predicted octanol–water partition coefficient (Wildman–Crippen LogP) is 3.03. The van der Waals surface area contributed by atoms with Gasteiger partial charge in [-0.2, -0.15) is 0 Å². The van der Waals surface area contributed by atoms with Crippen molar-refractivity contribution in [3.8, 4) is 0 Å². The van der Waals surface area contributed by atoms with Crippen LogP contribution in [0.5, 0.6) is 0 Å². The summed E-state index contributed by atoms with van der Waals surface area (Å²) in [4.78, 5) is 0. The molecule has 3 heteroatoms. The van der Waals surface area contributed by atoms with E-state index in [1.54, 1.807) is 0 Å². The Morgan fingerprint density at radius 3 is 2.53 bits per heavy atom. The number of rotatable bonds is 2. The lowest BCUT2D eigenvalue weighted by molar-refractivity contribution is 0.302. The first kappa shape index (κ1) is 12.6. The lowest BCUT2D eigenvalue weighted by atomic mass is 9.83. The van der Waals surface area contributed by atoms with E-state index in [0.717, 1.165) is 0 Å². The number of hydrogen-bond donors (Lipinski definition) is 1. The number of aromatic nitrogens is 1. The molecule has 1 fully saturated rings. The zero-order valence-electron chi connectivity index (χ0n) is 9.36. The second-order valence-corrected chi connectivity index (χ2v) is 4.47. The van der Waals surface area contributed by atoms with Gasteiger partial charge in [0.05, 0.1) is 0 Å². The SMILES string of the molecule is Cl.Cn1cccc1[C@@H](N)C1CCCCC1. The van der Waals surface area contributed by atoms with Crippen molar-refractivity contribution in [2.45, 2.75) is 38.1 Å². The first-order valence-corrected chi connectivity index (χ1v) is 5.66. The molecule has 2 nitrogen and oxygen atoms in total. The van der Waals surface area contributed by atoms with Gasteiger partial charge >= 0.3 is 0 Å². The fraction of sp³-hybridized carbons (Fsp3) is 0.667. The molecule has 86 valence electrons. The van der Waals surface area contributed by atoms with Crippen molar-refractivity contribution in [3.63, 3.8) is 0 Å². The molecule has 0 bridgehead atoms. The summed E-state index contributed by atoms with van der Waals surface area (Å²) in [5.74, 6) is 0.706. The molecule has 1 aliphatic carbocycles. The van der Waals surface area contributed by atoms with Crippen LogP contribution in [0.1, 0.15) is 43.8 Å². The van der Waals surface area contributed by atoms with Gasteiger partial charge in [0.1, 0.15) is 0 Å². The Morgan fingerprint density at radius 1 is 1.33 bits per heavy atom. The van der Waals surface area contributed by atoms with Crippen LogP contribution in [0.25, 0.3) is 0 Å². The van der Waals surface area contributed by atoms with Crippen molar-refractivity contribution in [1.29, 1.82) is 0 Å².